The normalized spacial score (nSPS) is 13.9. The van der Waals surface area contributed by atoms with Crippen molar-refractivity contribution < 1.29 is 9.21 Å². The minimum atomic E-state index is 0. The Bertz CT molecular complexity index is 782. The zero-order valence-corrected chi connectivity index (χ0v) is 18.7. The number of hydrogen-bond donors (Lipinski definition) is 2. The molecule has 1 aliphatic rings. The molecule has 1 aromatic heterocycles. The van der Waals surface area contributed by atoms with Gasteiger partial charge in [0.2, 0.25) is 11.8 Å². The Morgan fingerprint density at radius 1 is 1.21 bits per heavy atom. The van der Waals surface area contributed by atoms with Gasteiger partial charge in [0, 0.05) is 25.2 Å². The molecule has 2 N–H and O–H groups in total. The highest BCUT2D eigenvalue weighted by Crippen LogP contribution is 2.19. The molecule has 1 amide bonds. The number of aryl methyl sites for hydroxylation is 1. The van der Waals surface area contributed by atoms with E-state index in [0.717, 1.165) is 43.7 Å². The second kappa shape index (κ2) is 11.0. The van der Waals surface area contributed by atoms with Crippen LogP contribution in [-0.2, 0) is 11.3 Å². The number of nitrogens with one attached hydrogen (secondary N) is 2. The molecule has 0 bridgehead atoms. The standard InChI is InChI=1S/C20H27N5O2.HI/c1-3-21-20(23-13-18(26)25-10-4-5-11-25)22-12-17-14-27-19(24-17)16-8-6-15(2)7-9-16;/h6-9,14H,3-5,10-13H2,1-2H3,(H2,21,22,23);1H. The fraction of sp³-hybridized carbons (Fsp3) is 0.450. The maximum absolute atomic E-state index is 12.2. The Morgan fingerprint density at radius 3 is 2.61 bits per heavy atom. The van der Waals surface area contributed by atoms with E-state index in [1.165, 1.54) is 5.56 Å². The van der Waals surface area contributed by atoms with Crippen LogP contribution in [0.15, 0.2) is 39.9 Å². The summed E-state index contributed by atoms with van der Waals surface area (Å²) in [5.74, 6) is 1.30. The quantitative estimate of drug-likeness (QED) is 0.365. The minimum absolute atomic E-state index is 0. The average molecular weight is 497 g/mol. The first-order chi connectivity index (χ1) is 13.2. The molecule has 0 radical (unpaired) electrons. The van der Waals surface area contributed by atoms with Gasteiger partial charge in [0.05, 0.1) is 13.1 Å². The van der Waals surface area contributed by atoms with Crippen LogP contribution in [0.5, 0.6) is 0 Å². The second-order valence-corrected chi connectivity index (χ2v) is 6.65. The molecule has 7 nitrogen and oxygen atoms in total. The summed E-state index contributed by atoms with van der Waals surface area (Å²) in [6, 6.07) is 8.04. The van der Waals surface area contributed by atoms with Crippen molar-refractivity contribution in [1.82, 2.24) is 20.5 Å². The molecule has 3 rings (SSSR count). The number of benzene rings is 1. The molecule has 0 spiro atoms. The number of hydrogen-bond acceptors (Lipinski definition) is 4. The van der Waals surface area contributed by atoms with Crippen molar-refractivity contribution in [2.45, 2.75) is 33.2 Å². The number of rotatable bonds is 6. The SMILES string of the molecule is CCNC(=NCc1coc(-c2ccc(C)cc2)n1)NCC(=O)N1CCCC1.I. The van der Waals surface area contributed by atoms with Crippen LogP contribution in [-0.4, -0.2) is 47.9 Å². The lowest BCUT2D eigenvalue weighted by Crippen LogP contribution is -2.44. The molecule has 1 fully saturated rings. The van der Waals surface area contributed by atoms with Crippen LogP contribution >= 0.6 is 24.0 Å². The molecule has 0 atom stereocenters. The number of carbonyl (C=O) groups excluding carboxylic acids is 1. The van der Waals surface area contributed by atoms with Gasteiger partial charge in [0.15, 0.2) is 5.96 Å². The third-order valence-corrected chi connectivity index (χ3v) is 4.46. The van der Waals surface area contributed by atoms with Crippen LogP contribution in [0.2, 0.25) is 0 Å². The first kappa shape index (κ1) is 22.2. The minimum Gasteiger partial charge on any atom is -0.444 e. The highest BCUT2D eigenvalue weighted by Gasteiger charge is 2.17. The molecular formula is C20H28IN5O2. The van der Waals surface area contributed by atoms with Gasteiger partial charge >= 0.3 is 0 Å². The Labute approximate surface area is 183 Å². The first-order valence-corrected chi connectivity index (χ1v) is 9.47. The van der Waals surface area contributed by atoms with E-state index in [0.29, 0.717) is 18.4 Å². The summed E-state index contributed by atoms with van der Waals surface area (Å²) in [4.78, 5) is 23.1. The summed E-state index contributed by atoms with van der Waals surface area (Å²) >= 11 is 0. The zero-order valence-electron chi connectivity index (χ0n) is 16.4. The molecule has 0 aliphatic carbocycles. The largest absolute Gasteiger partial charge is 0.444 e. The van der Waals surface area contributed by atoms with E-state index in [-0.39, 0.29) is 36.4 Å². The first-order valence-electron chi connectivity index (χ1n) is 9.47. The highest BCUT2D eigenvalue weighted by molar-refractivity contribution is 14.0. The van der Waals surface area contributed by atoms with Gasteiger partial charge in [0.1, 0.15) is 12.0 Å². The molecule has 8 heteroatoms. The van der Waals surface area contributed by atoms with Crippen molar-refractivity contribution in [2.24, 2.45) is 4.99 Å². The van der Waals surface area contributed by atoms with Gasteiger partial charge in [-0.1, -0.05) is 17.7 Å². The van der Waals surface area contributed by atoms with Crippen LogP contribution in [0, 0.1) is 6.92 Å². The molecule has 0 unspecified atom stereocenters. The molecule has 2 heterocycles. The number of likely N-dealkylation sites (tertiary alicyclic amines) is 1. The molecule has 0 saturated carbocycles. The smallest absolute Gasteiger partial charge is 0.241 e. The van der Waals surface area contributed by atoms with Gasteiger partial charge in [-0.2, -0.15) is 0 Å². The van der Waals surface area contributed by atoms with Gasteiger partial charge in [-0.15, -0.1) is 24.0 Å². The van der Waals surface area contributed by atoms with E-state index < -0.39 is 0 Å². The lowest BCUT2D eigenvalue weighted by Gasteiger charge is -2.17. The van der Waals surface area contributed by atoms with E-state index in [9.17, 15) is 4.79 Å². The van der Waals surface area contributed by atoms with Gasteiger partial charge in [-0.25, -0.2) is 9.98 Å². The van der Waals surface area contributed by atoms with Crippen LogP contribution in [0.4, 0.5) is 0 Å². The number of guanidine groups is 1. The fourth-order valence-corrected chi connectivity index (χ4v) is 2.95. The van der Waals surface area contributed by atoms with Crippen molar-refractivity contribution in [1.29, 1.82) is 0 Å². The van der Waals surface area contributed by atoms with E-state index in [4.69, 9.17) is 4.42 Å². The van der Waals surface area contributed by atoms with Crippen molar-refractivity contribution in [2.75, 3.05) is 26.2 Å². The van der Waals surface area contributed by atoms with Crippen LogP contribution in [0.25, 0.3) is 11.5 Å². The van der Waals surface area contributed by atoms with Crippen LogP contribution in [0.1, 0.15) is 31.0 Å². The van der Waals surface area contributed by atoms with E-state index in [2.05, 4.69) is 20.6 Å². The number of amides is 1. The predicted molar refractivity (Wildman–Crippen MR) is 121 cm³/mol. The summed E-state index contributed by atoms with van der Waals surface area (Å²) in [6.07, 6.45) is 3.81. The summed E-state index contributed by atoms with van der Waals surface area (Å²) < 4.78 is 5.57. The zero-order chi connectivity index (χ0) is 19.1. The monoisotopic (exact) mass is 497 g/mol. The van der Waals surface area contributed by atoms with Crippen LogP contribution < -0.4 is 10.6 Å². The number of carbonyl (C=O) groups is 1. The highest BCUT2D eigenvalue weighted by atomic mass is 127. The molecule has 1 aromatic carbocycles. The van der Waals surface area contributed by atoms with Crippen molar-refractivity contribution in [3.05, 3.63) is 41.8 Å². The number of nitrogens with zero attached hydrogens (tertiary/aromatic N) is 3. The van der Waals surface area contributed by atoms with Gasteiger partial charge in [-0.3, -0.25) is 4.79 Å². The summed E-state index contributed by atoms with van der Waals surface area (Å²) in [6.45, 7) is 7.09. The fourth-order valence-electron chi connectivity index (χ4n) is 2.95. The summed E-state index contributed by atoms with van der Waals surface area (Å²) in [5.41, 5.74) is 2.88. The number of halogens is 1. The van der Waals surface area contributed by atoms with Crippen molar-refractivity contribution >= 4 is 35.8 Å². The van der Waals surface area contributed by atoms with Crippen molar-refractivity contribution in [3.63, 3.8) is 0 Å². The third kappa shape index (κ3) is 6.22. The molecule has 2 aromatic rings. The lowest BCUT2D eigenvalue weighted by atomic mass is 10.1. The molecule has 152 valence electrons. The Hall–Kier alpha value is -2.10. The van der Waals surface area contributed by atoms with E-state index in [1.54, 1.807) is 6.26 Å². The molecule has 28 heavy (non-hydrogen) atoms. The van der Waals surface area contributed by atoms with Crippen LogP contribution in [0.3, 0.4) is 0 Å². The van der Waals surface area contributed by atoms with E-state index in [1.807, 2.05) is 43.0 Å². The molecule has 1 aliphatic heterocycles. The topological polar surface area (TPSA) is 82.8 Å². The molecular weight excluding hydrogens is 469 g/mol. The Balaban J connectivity index is 0.00000280. The second-order valence-electron chi connectivity index (χ2n) is 6.65. The summed E-state index contributed by atoms with van der Waals surface area (Å²) in [5, 5.41) is 6.25. The molecule has 1 saturated heterocycles. The number of oxazole rings is 1. The lowest BCUT2D eigenvalue weighted by molar-refractivity contribution is -0.128. The summed E-state index contributed by atoms with van der Waals surface area (Å²) in [7, 11) is 0. The van der Waals surface area contributed by atoms with Gasteiger partial charge in [0.25, 0.3) is 0 Å². The van der Waals surface area contributed by atoms with Gasteiger partial charge in [-0.05, 0) is 38.8 Å². The maximum atomic E-state index is 12.2. The maximum Gasteiger partial charge on any atom is 0.241 e. The number of aromatic nitrogens is 1. The predicted octanol–water partition coefficient (Wildman–Crippen LogP) is 2.95. The van der Waals surface area contributed by atoms with Gasteiger partial charge < -0.3 is 20.0 Å². The van der Waals surface area contributed by atoms with E-state index >= 15 is 0 Å². The Kier molecular flexibility index (Phi) is 8.75. The third-order valence-electron chi connectivity index (χ3n) is 4.46. The average Bonchev–Trinajstić information content (AvgIpc) is 3.36. The Morgan fingerprint density at radius 2 is 1.93 bits per heavy atom. The number of aliphatic imine (C=N–C) groups is 1. The van der Waals surface area contributed by atoms with Crippen molar-refractivity contribution in [3.8, 4) is 11.5 Å².